The minimum Gasteiger partial charge on any atom is -0.496 e. The summed E-state index contributed by atoms with van der Waals surface area (Å²) in [5.74, 6) is 0.351. The third kappa shape index (κ3) is 5.47. The molecule has 0 aliphatic rings. The zero-order chi connectivity index (χ0) is 30.1. The molecule has 214 valence electrons. The van der Waals surface area contributed by atoms with Crippen molar-refractivity contribution in [2.45, 2.75) is 6.61 Å². The Morgan fingerprint density at radius 1 is 1.07 bits per heavy atom. The van der Waals surface area contributed by atoms with E-state index in [0.717, 1.165) is 4.68 Å². The number of aromatic nitrogens is 2. The molecule has 6 aromatic rings. The Labute approximate surface area is 250 Å². The van der Waals surface area contributed by atoms with Crippen molar-refractivity contribution < 1.29 is 23.2 Å². The average Bonchev–Trinajstić information content (AvgIpc) is 3.44. The molecule has 0 aliphatic carbocycles. The van der Waals surface area contributed by atoms with Crippen molar-refractivity contribution in [1.29, 1.82) is 0 Å². The highest BCUT2D eigenvalue weighted by molar-refractivity contribution is 9.10. The Bertz CT molecular complexity index is 2120. The number of halogens is 2. The summed E-state index contributed by atoms with van der Waals surface area (Å²) in [6.45, 7) is -0.148. The highest BCUT2D eigenvalue weighted by Crippen LogP contribution is 2.35. The fourth-order valence-corrected chi connectivity index (χ4v) is 5.07. The van der Waals surface area contributed by atoms with Gasteiger partial charge in [0, 0.05) is 16.1 Å². The van der Waals surface area contributed by atoms with Gasteiger partial charge in [0.2, 0.25) is 11.6 Å². The second-order valence-electron chi connectivity index (χ2n) is 9.32. The summed E-state index contributed by atoms with van der Waals surface area (Å²) in [6, 6.07) is 22.4. The van der Waals surface area contributed by atoms with Crippen LogP contribution in [0.1, 0.15) is 11.1 Å². The highest BCUT2D eigenvalue weighted by atomic mass is 79.9. The first-order valence-corrected chi connectivity index (χ1v) is 13.6. The molecule has 12 heteroatoms. The van der Waals surface area contributed by atoms with E-state index >= 15 is 0 Å². The lowest BCUT2D eigenvalue weighted by atomic mass is 10.2. The molecule has 6 rings (SSSR count). The number of nitro benzene ring substituents is 1. The maximum absolute atomic E-state index is 13.7. The van der Waals surface area contributed by atoms with Gasteiger partial charge in [-0.25, -0.2) is 9.37 Å². The van der Waals surface area contributed by atoms with Gasteiger partial charge in [0.25, 0.3) is 5.56 Å². The standard InChI is InChI=1S/C31H20BrFN4O6/c1-41-26-10-5-11-27-23(26)15-28(43-27)30-35-24-9-3-2-8-22(24)31(38)36(30)34-16-19-13-20(32)14-25(37(39)40)29(19)42-17-18-6-4-7-21(33)12-18/h2-16H,17H2,1H3. The number of fused-ring (bicyclic) bond motifs is 2. The molecule has 0 atom stereocenters. The van der Waals surface area contributed by atoms with E-state index in [-0.39, 0.29) is 35.2 Å². The van der Waals surface area contributed by atoms with Gasteiger partial charge in [-0.3, -0.25) is 14.9 Å². The summed E-state index contributed by atoms with van der Waals surface area (Å²) >= 11 is 3.30. The Hall–Kier alpha value is -5.36. The monoisotopic (exact) mass is 642 g/mol. The first-order valence-electron chi connectivity index (χ1n) is 12.8. The van der Waals surface area contributed by atoms with Crippen LogP contribution in [0.15, 0.2) is 104 Å². The smallest absolute Gasteiger partial charge is 0.312 e. The van der Waals surface area contributed by atoms with E-state index < -0.39 is 16.3 Å². The van der Waals surface area contributed by atoms with Crippen LogP contribution in [-0.4, -0.2) is 27.9 Å². The summed E-state index contributed by atoms with van der Waals surface area (Å²) in [6.07, 6.45) is 1.27. The molecule has 0 unspecified atom stereocenters. The molecular weight excluding hydrogens is 623 g/mol. The van der Waals surface area contributed by atoms with Gasteiger partial charge in [0.15, 0.2) is 5.76 Å². The molecule has 2 aromatic heterocycles. The van der Waals surface area contributed by atoms with E-state index in [9.17, 15) is 19.3 Å². The van der Waals surface area contributed by atoms with E-state index in [4.69, 9.17) is 13.9 Å². The molecule has 43 heavy (non-hydrogen) atoms. The Kier molecular flexibility index (Phi) is 7.43. The van der Waals surface area contributed by atoms with E-state index in [0.29, 0.717) is 37.7 Å². The number of hydrogen-bond acceptors (Lipinski definition) is 8. The molecule has 0 aliphatic heterocycles. The molecular formula is C31H20BrFN4O6. The summed E-state index contributed by atoms with van der Waals surface area (Å²) in [4.78, 5) is 29.7. The van der Waals surface area contributed by atoms with Crippen molar-refractivity contribution in [1.82, 2.24) is 9.66 Å². The zero-order valence-corrected chi connectivity index (χ0v) is 23.9. The Balaban J connectivity index is 1.51. The molecule has 0 saturated carbocycles. The third-order valence-electron chi connectivity index (χ3n) is 6.56. The van der Waals surface area contributed by atoms with Gasteiger partial charge in [-0.05, 0) is 54.1 Å². The summed E-state index contributed by atoms with van der Waals surface area (Å²) in [5, 5.41) is 17.4. The summed E-state index contributed by atoms with van der Waals surface area (Å²) in [5.41, 5.74) is 0.769. The van der Waals surface area contributed by atoms with Crippen molar-refractivity contribution in [3.05, 3.63) is 127 Å². The summed E-state index contributed by atoms with van der Waals surface area (Å²) in [7, 11) is 1.54. The quantitative estimate of drug-likeness (QED) is 0.0986. The predicted octanol–water partition coefficient (Wildman–Crippen LogP) is 7.09. The minimum absolute atomic E-state index is 0.102. The number of furan rings is 1. The van der Waals surface area contributed by atoms with Crippen molar-refractivity contribution in [2.75, 3.05) is 7.11 Å². The van der Waals surface area contributed by atoms with Gasteiger partial charge in [0.05, 0.1) is 34.5 Å². The molecule has 0 spiro atoms. The van der Waals surface area contributed by atoms with E-state index in [1.165, 1.54) is 30.5 Å². The second-order valence-corrected chi connectivity index (χ2v) is 10.2. The Morgan fingerprint density at radius 2 is 1.88 bits per heavy atom. The van der Waals surface area contributed by atoms with Crippen LogP contribution in [0.5, 0.6) is 11.5 Å². The SMILES string of the molecule is COc1cccc2oc(-c3nc4ccccc4c(=O)n3N=Cc3cc(Br)cc([N+](=O)[O-])c3OCc3cccc(F)c3)cc12. The first-order chi connectivity index (χ1) is 20.8. The fourth-order valence-electron chi connectivity index (χ4n) is 4.60. The van der Waals surface area contributed by atoms with Crippen LogP contribution in [0.2, 0.25) is 0 Å². The van der Waals surface area contributed by atoms with Gasteiger partial charge in [0.1, 0.15) is 23.8 Å². The van der Waals surface area contributed by atoms with Crippen LogP contribution in [0.25, 0.3) is 33.5 Å². The van der Waals surface area contributed by atoms with Gasteiger partial charge in [-0.1, -0.05) is 46.3 Å². The van der Waals surface area contributed by atoms with Crippen molar-refractivity contribution in [3.8, 4) is 23.1 Å². The molecule has 10 nitrogen and oxygen atoms in total. The summed E-state index contributed by atoms with van der Waals surface area (Å²) < 4.78 is 32.5. The normalized spacial score (nSPS) is 11.4. The van der Waals surface area contributed by atoms with Gasteiger partial charge in [-0.15, -0.1) is 0 Å². The van der Waals surface area contributed by atoms with Crippen LogP contribution in [0, 0.1) is 15.9 Å². The lowest BCUT2D eigenvalue weighted by Gasteiger charge is -2.11. The zero-order valence-electron chi connectivity index (χ0n) is 22.4. The lowest BCUT2D eigenvalue weighted by molar-refractivity contribution is -0.386. The van der Waals surface area contributed by atoms with Crippen LogP contribution in [0.4, 0.5) is 10.1 Å². The number of methoxy groups -OCH3 is 1. The molecule has 0 bridgehead atoms. The highest BCUT2D eigenvalue weighted by Gasteiger charge is 2.22. The van der Waals surface area contributed by atoms with Crippen LogP contribution in [0.3, 0.4) is 0 Å². The maximum atomic E-state index is 13.7. The second kappa shape index (κ2) is 11.5. The lowest BCUT2D eigenvalue weighted by Crippen LogP contribution is -2.20. The van der Waals surface area contributed by atoms with Crippen molar-refractivity contribution >= 4 is 49.7 Å². The molecule has 0 radical (unpaired) electrons. The molecule has 4 aromatic carbocycles. The van der Waals surface area contributed by atoms with Crippen molar-refractivity contribution in [3.63, 3.8) is 0 Å². The largest absolute Gasteiger partial charge is 0.496 e. The molecule has 0 N–H and O–H groups in total. The number of nitro groups is 1. The van der Waals surface area contributed by atoms with Crippen LogP contribution >= 0.6 is 15.9 Å². The number of benzene rings is 4. The van der Waals surface area contributed by atoms with Gasteiger partial charge in [-0.2, -0.15) is 9.78 Å². The van der Waals surface area contributed by atoms with Gasteiger partial charge < -0.3 is 13.9 Å². The maximum Gasteiger partial charge on any atom is 0.312 e. The number of hydrogen-bond donors (Lipinski definition) is 0. The molecule has 0 fully saturated rings. The fraction of sp³-hybridized carbons (Fsp3) is 0.0645. The van der Waals surface area contributed by atoms with E-state index in [1.807, 2.05) is 0 Å². The number of rotatable bonds is 8. The number of ether oxygens (including phenoxy) is 2. The number of nitrogens with zero attached hydrogens (tertiary/aromatic N) is 4. The average molecular weight is 643 g/mol. The molecule has 0 saturated heterocycles. The van der Waals surface area contributed by atoms with Gasteiger partial charge >= 0.3 is 5.69 Å². The minimum atomic E-state index is -0.597. The Morgan fingerprint density at radius 3 is 2.67 bits per heavy atom. The van der Waals surface area contributed by atoms with Crippen LogP contribution in [-0.2, 0) is 6.61 Å². The van der Waals surface area contributed by atoms with E-state index in [1.54, 1.807) is 67.8 Å². The third-order valence-corrected chi connectivity index (χ3v) is 7.02. The topological polar surface area (TPSA) is 122 Å². The van der Waals surface area contributed by atoms with E-state index in [2.05, 4.69) is 26.0 Å². The number of para-hydroxylation sites is 1. The molecule has 0 amide bonds. The molecule has 2 heterocycles. The predicted molar refractivity (Wildman–Crippen MR) is 162 cm³/mol. The first kappa shape index (κ1) is 27.8. The van der Waals surface area contributed by atoms with Crippen molar-refractivity contribution in [2.24, 2.45) is 5.10 Å². The van der Waals surface area contributed by atoms with Crippen LogP contribution < -0.4 is 15.0 Å².